The number of nitrogens with zero attached hydrogens (tertiary/aromatic N) is 1. The van der Waals surface area contributed by atoms with Crippen LogP contribution in [0.15, 0.2) is 4.99 Å². The van der Waals surface area contributed by atoms with Crippen molar-refractivity contribution in [1.82, 2.24) is 10.7 Å². The molecule has 0 aromatic rings. The second kappa shape index (κ2) is 7.24. The van der Waals surface area contributed by atoms with Gasteiger partial charge in [0.15, 0.2) is 0 Å². The van der Waals surface area contributed by atoms with Gasteiger partial charge in [-0.15, -0.1) is 0 Å². The van der Waals surface area contributed by atoms with Crippen molar-refractivity contribution < 1.29 is 0 Å². The topological polar surface area (TPSA) is 62.4 Å². The first-order valence-electron chi connectivity index (χ1n) is 3.97. The van der Waals surface area contributed by atoms with Gasteiger partial charge in [-0.1, -0.05) is 0 Å². The molecule has 0 amide bonds. The van der Waals surface area contributed by atoms with Gasteiger partial charge in [-0.2, -0.15) is 11.8 Å². The summed E-state index contributed by atoms with van der Waals surface area (Å²) < 4.78 is 0. The molecule has 0 aromatic heterocycles. The molecule has 0 unspecified atom stereocenters. The van der Waals surface area contributed by atoms with Crippen LogP contribution in [0.4, 0.5) is 0 Å². The van der Waals surface area contributed by atoms with E-state index in [4.69, 9.17) is 5.84 Å². The van der Waals surface area contributed by atoms with E-state index in [0.29, 0.717) is 12.0 Å². The number of nitrogens with one attached hydrogen (secondary N) is 2. The lowest BCUT2D eigenvalue weighted by atomic mass is 10.4. The smallest absolute Gasteiger partial charge is 0.205 e. The van der Waals surface area contributed by atoms with Gasteiger partial charge >= 0.3 is 0 Å². The number of thioether (sulfide) groups is 1. The summed E-state index contributed by atoms with van der Waals surface area (Å²) in [5.74, 6) is 6.94. The predicted octanol–water partition coefficient (Wildman–Crippen LogP) is 0.167. The number of hydrogen-bond acceptors (Lipinski definition) is 3. The van der Waals surface area contributed by atoms with Crippen molar-refractivity contribution in [1.29, 1.82) is 0 Å². The average molecular weight is 190 g/mol. The Morgan fingerprint density at radius 3 is 2.67 bits per heavy atom. The highest BCUT2D eigenvalue weighted by atomic mass is 32.2. The van der Waals surface area contributed by atoms with Crippen molar-refractivity contribution in [3.63, 3.8) is 0 Å². The Morgan fingerprint density at radius 2 is 2.25 bits per heavy atom. The van der Waals surface area contributed by atoms with Crippen molar-refractivity contribution in [2.24, 2.45) is 10.8 Å². The minimum absolute atomic E-state index is 0.356. The first kappa shape index (κ1) is 11.6. The Hall–Kier alpha value is -0.420. The molecule has 72 valence electrons. The molecule has 0 spiro atoms. The maximum Gasteiger partial charge on any atom is 0.205 e. The molecule has 0 aliphatic carbocycles. The Balaban J connectivity index is 3.70. The van der Waals surface area contributed by atoms with Crippen LogP contribution in [-0.4, -0.2) is 30.6 Å². The molecule has 0 rings (SSSR count). The molecule has 0 aliphatic heterocycles. The highest BCUT2D eigenvalue weighted by molar-refractivity contribution is 7.98. The summed E-state index contributed by atoms with van der Waals surface area (Å²) in [5.41, 5.74) is 2.52. The molecule has 0 saturated carbocycles. The van der Waals surface area contributed by atoms with Gasteiger partial charge in [-0.3, -0.25) is 10.4 Å². The summed E-state index contributed by atoms with van der Waals surface area (Å²) in [7, 11) is 0. The Morgan fingerprint density at radius 1 is 1.58 bits per heavy atom. The zero-order chi connectivity index (χ0) is 9.40. The maximum atomic E-state index is 5.25. The van der Waals surface area contributed by atoms with Crippen molar-refractivity contribution in [3.8, 4) is 0 Å². The van der Waals surface area contributed by atoms with Gasteiger partial charge in [0.1, 0.15) is 0 Å². The number of guanidine groups is 1. The first-order valence-corrected chi connectivity index (χ1v) is 5.36. The molecular formula is C7H18N4S. The van der Waals surface area contributed by atoms with Crippen molar-refractivity contribution >= 4 is 17.7 Å². The third kappa shape index (κ3) is 6.30. The van der Waals surface area contributed by atoms with E-state index in [0.717, 1.165) is 12.3 Å². The Bertz CT molecular complexity index is 135. The number of aliphatic imine (C=N–C) groups is 1. The van der Waals surface area contributed by atoms with Gasteiger partial charge in [0.25, 0.3) is 0 Å². The fourth-order valence-corrected chi connectivity index (χ4v) is 0.929. The lowest BCUT2D eigenvalue weighted by Crippen LogP contribution is -2.44. The zero-order valence-corrected chi connectivity index (χ0v) is 8.74. The lowest BCUT2D eigenvalue weighted by molar-refractivity contribution is 0.704. The molecule has 0 aromatic carbocycles. The average Bonchev–Trinajstić information content (AvgIpc) is 2.02. The minimum atomic E-state index is 0.356. The molecule has 5 heteroatoms. The fourth-order valence-electron chi connectivity index (χ4n) is 0.655. The van der Waals surface area contributed by atoms with E-state index in [-0.39, 0.29) is 0 Å². The minimum Gasteiger partial charge on any atom is -0.353 e. The maximum absolute atomic E-state index is 5.25. The van der Waals surface area contributed by atoms with Crippen LogP contribution in [0.2, 0.25) is 0 Å². The van der Waals surface area contributed by atoms with Crippen LogP contribution in [0.5, 0.6) is 0 Å². The summed E-state index contributed by atoms with van der Waals surface area (Å²) in [6.07, 6.45) is 2.06. The highest BCUT2D eigenvalue weighted by Crippen LogP contribution is 1.89. The van der Waals surface area contributed by atoms with E-state index in [1.165, 1.54) is 0 Å². The third-order valence-electron chi connectivity index (χ3n) is 1.13. The van der Waals surface area contributed by atoms with Crippen LogP contribution >= 0.6 is 11.8 Å². The molecule has 0 bridgehead atoms. The second-order valence-electron chi connectivity index (χ2n) is 2.67. The van der Waals surface area contributed by atoms with E-state index < -0.39 is 0 Å². The standard InChI is InChI=1S/C7H18N4S/c1-6(2)10-7(11-8)9-4-5-12-3/h6H,4-5,8H2,1-3H3,(H2,9,10,11). The molecule has 0 fully saturated rings. The van der Waals surface area contributed by atoms with E-state index in [1.807, 2.05) is 13.8 Å². The third-order valence-corrected chi connectivity index (χ3v) is 1.72. The van der Waals surface area contributed by atoms with E-state index in [2.05, 4.69) is 22.0 Å². The Labute approximate surface area is 78.4 Å². The number of hydrazine groups is 1. The lowest BCUT2D eigenvalue weighted by Gasteiger charge is -2.11. The number of hydrogen-bond donors (Lipinski definition) is 3. The van der Waals surface area contributed by atoms with Crippen LogP contribution in [0.1, 0.15) is 13.8 Å². The summed E-state index contributed by atoms with van der Waals surface area (Å²) in [6, 6.07) is 0.356. The van der Waals surface area contributed by atoms with Crippen LogP contribution in [0.3, 0.4) is 0 Å². The molecule has 0 radical (unpaired) electrons. The normalized spacial score (nSPS) is 11.9. The molecule has 4 nitrogen and oxygen atoms in total. The van der Waals surface area contributed by atoms with Gasteiger partial charge in [0.05, 0.1) is 6.54 Å². The van der Waals surface area contributed by atoms with Gasteiger partial charge in [-0.25, -0.2) is 5.84 Å². The molecule has 0 aliphatic rings. The predicted molar refractivity (Wildman–Crippen MR) is 56.3 cm³/mol. The summed E-state index contributed by atoms with van der Waals surface area (Å²) >= 11 is 1.77. The summed E-state index contributed by atoms with van der Waals surface area (Å²) in [4.78, 5) is 4.22. The van der Waals surface area contributed by atoms with Crippen LogP contribution in [0, 0.1) is 0 Å². The number of rotatable bonds is 4. The van der Waals surface area contributed by atoms with Crippen LogP contribution < -0.4 is 16.6 Å². The highest BCUT2D eigenvalue weighted by Gasteiger charge is 1.96. The molecular weight excluding hydrogens is 172 g/mol. The van der Waals surface area contributed by atoms with Gasteiger partial charge in [0.2, 0.25) is 5.96 Å². The first-order chi connectivity index (χ1) is 5.70. The van der Waals surface area contributed by atoms with Crippen molar-refractivity contribution in [2.45, 2.75) is 19.9 Å². The van der Waals surface area contributed by atoms with E-state index in [9.17, 15) is 0 Å². The van der Waals surface area contributed by atoms with E-state index >= 15 is 0 Å². The monoisotopic (exact) mass is 190 g/mol. The summed E-state index contributed by atoms with van der Waals surface area (Å²) in [6.45, 7) is 4.88. The van der Waals surface area contributed by atoms with Crippen LogP contribution in [0.25, 0.3) is 0 Å². The van der Waals surface area contributed by atoms with Crippen LogP contribution in [-0.2, 0) is 0 Å². The van der Waals surface area contributed by atoms with Crippen molar-refractivity contribution in [2.75, 3.05) is 18.6 Å². The molecule has 0 heterocycles. The Kier molecular flexibility index (Phi) is 6.99. The molecule has 4 N–H and O–H groups in total. The van der Waals surface area contributed by atoms with Crippen molar-refractivity contribution in [3.05, 3.63) is 0 Å². The summed E-state index contributed by atoms with van der Waals surface area (Å²) in [5, 5.41) is 3.09. The van der Waals surface area contributed by atoms with Gasteiger partial charge in [0, 0.05) is 11.8 Å². The van der Waals surface area contributed by atoms with Gasteiger partial charge < -0.3 is 5.32 Å². The molecule has 12 heavy (non-hydrogen) atoms. The second-order valence-corrected chi connectivity index (χ2v) is 3.65. The molecule has 0 atom stereocenters. The SMILES string of the molecule is CSCCN=C(NN)NC(C)C. The molecule has 0 saturated heterocycles. The quantitative estimate of drug-likeness (QED) is 0.194. The number of nitrogens with two attached hydrogens (primary N) is 1. The zero-order valence-electron chi connectivity index (χ0n) is 7.92. The largest absolute Gasteiger partial charge is 0.353 e. The fraction of sp³-hybridized carbons (Fsp3) is 0.857. The van der Waals surface area contributed by atoms with E-state index in [1.54, 1.807) is 11.8 Å². The van der Waals surface area contributed by atoms with Gasteiger partial charge in [-0.05, 0) is 20.1 Å².